The largest absolute Gasteiger partial charge is 0.319 e. The minimum atomic E-state index is -0.961. The Morgan fingerprint density at radius 3 is 2.71 bits per heavy atom. The van der Waals surface area contributed by atoms with Gasteiger partial charge in [-0.2, -0.15) is 0 Å². The van der Waals surface area contributed by atoms with Crippen LogP contribution in [0.2, 0.25) is 0 Å². The van der Waals surface area contributed by atoms with E-state index in [0.717, 1.165) is 6.54 Å². The van der Waals surface area contributed by atoms with Crippen LogP contribution in [0.4, 0.5) is 0 Å². The van der Waals surface area contributed by atoms with Gasteiger partial charge in [0.05, 0.1) is 0 Å². The molecule has 0 atom stereocenters. The highest BCUT2D eigenvalue weighted by molar-refractivity contribution is 6.06. The SMILES string of the molecule is CCNCCC(=O)N1CC(=O)NC(=O)C1(C)C. The van der Waals surface area contributed by atoms with Crippen LogP contribution < -0.4 is 10.6 Å². The molecule has 0 aromatic heterocycles. The molecule has 0 aliphatic carbocycles. The third-order valence-corrected chi connectivity index (χ3v) is 2.85. The number of nitrogens with one attached hydrogen (secondary N) is 2. The van der Waals surface area contributed by atoms with Gasteiger partial charge in [0.1, 0.15) is 12.1 Å². The molecule has 1 saturated heterocycles. The van der Waals surface area contributed by atoms with Crippen LogP contribution in [0.1, 0.15) is 27.2 Å². The van der Waals surface area contributed by atoms with Crippen molar-refractivity contribution in [3.8, 4) is 0 Å². The van der Waals surface area contributed by atoms with Crippen LogP contribution in [0.15, 0.2) is 0 Å². The zero-order valence-corrected chi connectivity index (χ0v) is 10.5. The lowest BCUT2D eigenvalue weighted by molar-refractivity contribution is -0.155. The van der Waals surface area contributed by atoms with Gasteiger partial charge < -0.3 is 10.2 Å². The molecule has 1 aliphatic heterocycles. The molecule has 1 aliphatic rings. The van der Waals surface area contributed by atoms with Gasteiger partial charge in [0, 0.05) is 13.0 Å². The number of amides is 3. The molecular formula is C11H19N3O3. The molecule has 1 fully saturated rings. The number of rotatable bonds is 4. The van der Waals surface area contributed by atoms with Gasteiger partial charge in [-0.25, -0.2) is 0 Å². The van der Waals surface area contributed by atoms with E-state index in [2.05, 4.69) is 10.6 Å². The lowest BCUT2D eigenvalue weighted by Crippen LogP contribution is -2.65. The molecule has 0 aromatic rings. The number of carbonyl (C=O) groups excluding carboxylic acids is 3. The Kier molecular flexibility index (Phi) is 4.22. The number of hydrogen-bond donors (Lipinski definition) is 2. The molecule has 1 rings (SSSR count). The number of nitrogens with zero attached hydrogens (tertiary/aromatic N) is 1. The molecule has 2 N–H and O–H groups in total. The predicted octanol–water partition coefficient (Wildman–Crippen LogP) is -0.750. The molecule has 0 aromatic carbocycles. The maximum Gasteiger partial charge on any atom is 0.252 e. The van der Waals surface area contributed by atoms with E-state index in [9.17, 15) is 14.4 Å². The third kappa shape index (κ3) is 3.03. The number of hydrogen-bond acceptors (Lipinski definition) is 4. The maximum absolute atomic E-state index is 11.9. The molecule has 1 heterocycles. The Balaban J connectivity index is 2.69. The van der Waals surface area contributed by atoms with E-state index in [1.54, 1.807) is 13.8 Å². The van der Waals surface area contributed by atoms with Crippen molar-refractivity contribution in [2.24, 2.45) is 0 Å². The van der Waals surface area contributed by atoms with Gasteiger partial charge in [-0.1, -0.05) is 6.92 Å². The van der Waals surface area contributed by atoms with Crippen molar-refractivity contribution in [2.45, 2.75) is 32.7 Å². The average molecular weight is 241 g/mol. The van der Waals surface area contributed by atoms with Crippen LogP contribution in [0.25, 0.3) is 0 Å². The van der Waals surface area contributed by atoms with Gasteiger partial charge in [-0.05, 0) is 20.4 Å². The fraction of sp³-hybridized carbons (Fsp3) is 0.727. The topological polar surface area (TPSA) is 78.5 Å². The average Bonchev–Trinajstić information content (AvgIpc) is 2.24. The summed E-state index contributed by atoms with van der Waals surface area (Å²) < 4.78 is 0. The summed E-state index contributed by atoms with van der Waals surface area (Å²) in [6, 6.07) is 0. The summed E-state index contributed by atoms with van der Waals surface area (Å²) in [5.74, 6) is -1.03. The monoisotopic (exact) mass is 241 g/mol. The molecule has 0 bridgehead atoms. The van der Waals surface area contributed by atoms with E-state index in [1.807, 2.05) is 6.92 Å². The summed E-state index contributed by atoms with van der Waals surface area (Å²) in [4.78, 5) is 36.2. The molecule has 6 heteroatoms. The normalized spacial score (nSPS) is 19.1. The first kappa shape index (κ1) is 13.6. The molecule has 0 saturated carbocycles. The fourth-order valence-corrected chi connectivity index (χ4v) is 1.69. The van der Waals surface area contributed by atoms with Crippen LogP contribution in [0, 0.1) is 0 Å². The van der Waals surface area contributed by atoms with E-state index in [1.165, 1.54) is 4.90 Å². The van der Waals surface area contributed by atoms with E-state index in [-0.39, 0.29) is 18.9 Å². The smallest absolute Gasteiger partial charge is 0.252 e. The van der Waals surface area contributed by atoms with Crippen molar-refractivity contribution < 1.29 is 14.4 Å². The van der Waals surface area contributed by atoms with Crippen LogP contribution in [0.5, 0.6) is 0 Å². The van der Waals surface area contributed by atoms with Crippen LogP contribution in [-0.2, 0) is 14.4 Å². The van der Waals surface area contributed by atoms with Crippen LogP contribution >= 0.6 is 0 Å². The highest BCUT2D eigenvalue weighted by Gasteiger charge is 2.42. The van der Waals surface area contributed by atoms with Crippen molar-refractivity contribution in [2.75, 3.05) is 19.6 Å². The first-order valence-electron chi connectivity index (χ1n) is 5.75. The number of carbonyl (C=O) groups is 3. The Bertz CT molecular complexity index is 339. The molecule has 17 heavy (non-hydrogen) atoms. The quantitative estimate of drug-likeness (QED) is 0.501. The predicted molar refractivity (Wildman–Crippen MR) is 62.1 cm³/mol. The molecule has 3 amide bonds. The van der Waals surface area contributed by atoms with E-state index in [0.29, 0.717) is 6.54 Å². The van der Waals surface area contributed by atoms with Gasteiger partial charge >= 0.3 is 0 Å². The molecule has 0 spiro atoms. The van der Waals surface area contributed by atoms with Crippen molar-refractivity contribution in [3.63, 3.8) is 0 Å². The van der Waals surface area contributed by atoms with Gasteiger partial charge in [0.2, 0.25) is 11.8 Å². The summed E-state index contributed by atoms with van der Waals surface area (Å²) in [7, 11) is 0. The van der Waals surface area contributed by atoms with E-state index in [4.69, 9.17) is 0 Å². The van der Waals surface area contributed by atoms with E-state index >= 15 is 0 Å². The molecule has 0 unspecified atom stereocenters. The fourth-order valence-electron chi connectivity index (χ4n) is 1.69. The van der Waals surface area contributed by atoms with Crippen LogP contribution in [0.3, 0.4) is 0 Å². The molecule has 0 radical (unpaired) electrons. The summed E-state index contributed by atoms with van der Waals surface area (Å²) in [6.07, 6.45) is 0.290. The minimum Gasteiger partial charge on any atom is -0.319 e. The maximum atomic E-state index is 11.9. The standard InChI is InChI=1S/C11H19N3O3/c1-4-12-6-5-9(16)14-7-8(15)13-10(17)11(14,2)3/h12H,4-7H2,1-3H3,(H,13,15,17). The van der Waals surface area contributed by atoms with Gasteiger partial charge in [-0.15, -0.1) is 0 Å². The van der Waals surface area contributed by atoms with Crippen molar-refractivity contribution >= 4 is 17.7 Å². The van der Waals surface area contributed by atoms with Crippen molar-refractivity contribution in [1.29, 1.82) is 0 Å². The number of piperazine rings is 1. The first-order chi connectivity index (χ1) is 7.89. The van der Waals surface area contributed by atoms with Crippen molar-refractivity contribution in [1.82, 2.24) is 15.5 Å². The summed E-state index contributed by atoms with van der Waals surface area (Å²) in [5.41, 5.74) is -0.961. The highest BCUT2D eigenvalue weighted by atomic mass is 16.2. The van der Waals surface area contributed by atoms with Gasteiger partial charge in [-0.3, -0.25) is 19.7 Å². The zero-order valence-electron chi connectivity index (χ0n) is 10.5. The van der Waals surface area contributed by atoms with Gasteiger partial charge in [0.15, 0.2) is 0 Å². The summed E-state index contributed by atoms with van der Waals surface area (Å²) in [6.45, 7) is 6.52. The third-order valence-electron chi connectivity index (χ3n) is 2.85. The second-order valence-electron chi connectivity index (χ2n) is 4.52. The molecular weight excluding hydrogens is 222 g/mol. The van der Waals surface area contributed by atoms with Crippen LogP contribution in [-0.4, -0.2) is 47.8 Å². The molecule has 6 nitrogen and oxygen atoms in total. The number of imide groups is 1. The summed E-state index contributed by atoms with van der Waals surface area (Å²) in [5, 5.41) is 5.27. The Labute approximate surface area is 101 Å². The Morgan fingerprint density at radius 1 is 1.47 bits per heavy atom. The summed E-state index contributed by atoms with van der Waals surface area (Å²) >= 11 is 0. The van der Waals surface area contributed by atoms with Crippen molar-refractivity contribution in [3.05, 3.63) is 0 Å². The first-order valence-corrected chi connectivity index (χ1v) is 5.75. The van der Waals surface area contributed by atoms with E-state index < -0.39 is 17.4 Å². The lowest BCUT2D eigenvalue weighted by Gasteiger charge is -2.40. The lowest BCUT2D eigenvalue weighted by atomic mass is 9.98. The molecule has 96 valence electrons. The second-order valence-corrected chi connectivity index (χ2v) is 4.52. The Morgan fingerprint density at radius 2 is 2.12 bits per heavy atom. The highest BCUT2D eigenvalue weighted by Crippen LogP contribution is 2.18. The zero-order chi connectivity index (χ0) is 13.1. The Hall–Kier alpha value is -1.43. The van der Waals surface area contributed by atoms with Gasteiger partial charge in [0.25, 0.3) is 5.91 Å². The second kappa shape index (κ2) is 5.27. The minimum absolute atomic E-state index is 0.0519.